The predicted molar refractivity (Wildman–Crippen MR) is 413 cm³/mol. The fourth-order valence-electron chi connectivity index (χ4n) is 23.8. The topological polar surface area (TPSA) is 0 Å². The molecule has 2 heterocycles. The molecule has 4 aromatic carbocycles. The summed E-state index contributed by atoms with van der Waals surface area (Å²) in [5.41, 5.74) is 12.4. The molecule has 8 aliphatic carbocycles. The number of fused-ring (bicyclic) bond motifs is 8. The molecular weight excluding hydrogens is 1550 g/mol. The van der Waals surface area contributed by atoms with Crippen molar-refractivity contribution in [3.63, 3.8) is 0 Å². The van der Waals surface area contributed by atoms with Crippen molar-refractivity contribution >= 4 is 87.8 Å². The molecule has 8 unspecified atom stereocenters. The number of rotatable bonds is 8. The van der Waals surface area contributed by atoms with Gasteiger partial charge in [-0.1, -0.05) is 0 Å². The number of benzene rings is 4. The Kier molecular flexibility index (Phi) is 15.9. The van der Waals surface area contributed by atoms with Gasteiger partial charge in [-0.2, -0.15) is 0 Å². The Morgan fingerprint density at radius 3 is 0.646 bits per heavy atom. The van der Waals surface area contributed by atoms with Crippen LogP contribution in [-0.4, -0.2) is 49.9 Å². The molecule has 2 fully saturated rings. The third-order valence-corrected chi connectivity index (χ3v) is 151. The van der Waals surface area contributed by atoms with Gasteiger partial charge in [0.1, 0.15) is 0 Å². The van der Waals surface area contributed by atoms with E-state index in [-0.39, 0.29) is 20.7 Å². The number of hydrogen-bond donors (Lipinski definition) is 0. The van der Waals surface area contributed by atoms with Gasteiger partial charge in [-0.3, -0.25) is 0 Å². The molecule has 2 saturated heterocycles. The van der Waals surface area contributed by atoms with Gasteiger partial charge in [-0.25, -0.2) is 0 Å². The molecule has 4 aromatic rings. The van der Waals surface area contributed by atoms with Gasteiger partial charge in [0.05, 0.1) is 0 Å². The zero-order valence-corrected chi connectivity index (χ0v) is 71.3. The van der Waals surface area contributed by atoms with Crippen LogP contribution in [-0.2, 0) is 14.7 Å². The minimum absolute atomic E-state index is 0.123. The van der Waals surface area contributed by atoms with Crippen LogP contribution >= 0.6 is 17.2 Å². The van der Waals surface area contributed by atoms with Crippen molar-refractivity contribution < 1.29 is 49.8 Å². The van der Waals surface area contributed by atoms with Gasteiger partial charge in [0, 0.05) is 0 Å². The summed E-state index contributed by atoms with van der Waals surface area (Å²) >= 11 is -8.49. The zero-order valence-electron chi connectivity index (χ0n) is 59.9. The van der Waals surface area contributed by atoms with Crippen LogP contribution in [0.2, 0.25) is 103 Å². The molecule has 17 heteroatoms. The summed E-state index contributed by atoms with van der Waals surface area (Å²) in [7, 11) is 6.10. The SMILES string of the molecule is CC1=CC2=C(C=CC=CC2c2cc(F)c([Si](C)(C)C)c(F)c2)[C]12[SiH](C)[C]1(C(C)=CC3=C1C=CC=CC3c1cc(F)c([Si](C)(C)C)c(F)c1)[Hf]21([Cl])([Cl])[C]2(C(C)=CC3=C2C=CC=CC3c2cc(F)c([Si](C)(C)C)c(F)c2)[SiH](C)[C]12C(C)=CC1=C2C=CC=CC1c1cc(F)c([Si](C)(C)C)c(F)c1. The van der Waals surface area contributed by atoms with Crippen molar-refractivity contribution in [3.05, 3.63) is 306 Å². The van der Waals surface area contributed by atoms with Crippen LogP contribution in [0.3, 0.4) is 0 Å². The van der Waals surface area contributed by atoms with Crippen LogP contribution in [0, 0.1) is 46.5 Å². The molecule has 0 aromatic heterocycles. The molecule has 5 spiro atoms. The van der Waals surface area contributed by atoms with Crippen LogP contribution in [0.15, 0.2) is 237 Å². The van der Waals surface area contributed by atoms with Gasteiger partial charge in [0.15, 0.2) is 0 Å². The van der Waals surface area contributed by atoms with Crippen molar-refractivity contribution in [2.24, 2.45) is 0 Å². The van der Waals surface area contributed by atoms with E-state index in [1.54, 1.807) is 0 Å². The normalized spacial score (nSPS) is 31.2. The van der Waals surface area contributed by atoms with E-state index < -0.39 is 146 Å². The molecular formula is C82H88Cl2F8HfSi6. The summed E-state index contributed by atoms with van der Waals surface area (Å²) in [6.45, 7) is 36.8. The average molecular weight is 1640 g/mol. The number of halogens is 10. The fraction of sp³-hybridized carbons (Fsp3) is 0.317. The van der Waals surface area contributed by atoms with Gasteiger partial charge in [0.25, 0.3) is 0 Å². The molecule has 0 nitrogen and oxygen atoms in total. The first-order valence-electron chi connectivity index (χ1n) is 34.9. The van der Waals surface area contributed by atoms with E-state index in [4.69, 9.17) is 0 Å². The third kappa shape index (κ3) is 8.15. The molecule has 8 atom stereocenters. The van der Waals surface area contributed by atoms with E-state index in [2.05, 4.69) is 89.4 Å². The predicted octanol–water partition coefficient (Wildman–Crippen LogP) is 22.0. The second-order valence-electron chi connectivity index (χ2n) is 34.4. The van der Waals surface area contributed by atoms with E-state index in [0.717, 1.165) is 66.9 Å². The summed E-state index contributed by atoms with van der Waals surface area (Å²) in [6.07, 6.45) is 41.7. The Hall–Kier alpha value is -5.09. The Labute approximate surface area is 592 Å². The molecule has 0 bridgehead atoms. The van der Waals surface area contributed by atoms with E-state index >= 15 is 35.1 Å². The Morgan fingerprint density at radius 1 is 0.313 bits per heavy atom. The van der Waals surface area contributed by atoms with Crippen molar-refractivity contribution in [1.29, 1.82) is 0 Å². The van der Waals surface area contributed by atoms with Crippen LogP contribution < -0.4 is 20.7 Å². The van der Waals surface area contributed by atoms with Gasteiger partial charge in [-0.15, -0.1) is 0 Å². The maximum absolute atomic E-state index is 17.2. The van der Waals surface area contributed by atoms with Crippen molar-refractivity contribution in [2.75, 3.05) is 0 Å². The molecule has 514 valence electrons. The van der Waals surface area contributed by atoms with Crippen LogP contribution in [0.5, 0.6) is 0 Å². The monoisotopic (exact) mass is 1640 g/mol. The van der Waals surface area contributed by atoms with Crippen LogP contribution in [0.25, 0.3) is 0 Å². The Morgan fingerprint density at radius 2 is 0.485 bits per heavy atom. The number of allylic oxidation sites excluding steroid dienone is 32. The molecule has 0 radical (unpaired) electrons. The van der Waals surface area contributed by atoms with Gasteiger partial charge in [-0.05, 0) is 0 Å². The molecule has 0 N–H and O–H groups in total. The molecule has 0 amide bonds. The molecule has 10 aliphatic rings. The zero-order chi connectivity index (χ0) is 71.8. The summed E-state index contributed by atoms with van der Waals surface area (Å²) in [5.74, 6) is -7.55. The summed E-state index contributed by atoms with van der Waals surface area (Å²) in [4.78, 5) is 0. The Bertz CT molecular complexity index is 4260. The van der Waals surface area contributed by atoms with Crippen LogP contribution in [0.4, 0.5) is 35.1 Å². The summed E-state index contributed by atoms with van der Waals surface area (Å²) < 4.78 is 132. The second kappa shape index (κ2) is 22.2. The average Bonchev–Trinajstić information content (AvgIpc) is 1.52. The quantitative estimate of drug-likeness (QED) is 0.122. The minimum atomic E-state index is -8.49. The van der Waals surface area contributed by atoms with Crippen molar-refractivity contribution in [1.82, 2.24) is 0 Å². The molecule has 14 rings (SSSR count). The van der Waals surface area contributed by atoms with Crippen molar-refractivity contribution in [3.8, 4) is 0 Å². The van der Waals surface area contributed by atoms with Crippen molar-refractivity contribution in [2.45, 2.75) is 154 Å². The van der Waals surface area contributed by atoms with E-state index in [9.17, 15) is 17.2 Å². The number of hydrogen-bond acceptors (Lipinski definition) is 0. The summed E-state index contributed by atoms with van der Waals surface area (Å²) in [5, 5.41) is 0.491. The molecule has 99 heavy (non-hydrogen) atoms. The van der Waals surface area contributed by atoms with E-state index in [1.165, 1.54) is 48.5 Å². The Balaban J connectivity index is 1.19. The van der Waals surface area contributed by atoms with E-state index in [1.807, 2.05) is 151 Å². The summed E-state index contributed by atoms with van der Waals surface area (Å²) in [6, 6.07) is 12.1. The molecule has 0 saturated carbocycles. The second-order valence-corrected chi connectivity index (χ2v) is 109. The van der Waals surface area contributed by atoms with Gasteiger partial charge < -0.3 is 0 Å². The van der Waals surface area contributed by atoms with Gasteiger partial charge in [0.2, 0.25) is 0 Å². The standard InChI is InChI=1S/2C41H44F4Si3.2ClH.Hf/c2*1-24-18-32-28(26-20-34(42)40(35(43)21-26)47(4,5)6)14-10-12-16-30(32)38(24)46(3)39-25(2)19-33-29(15-11-13-17-31(33)39)27-22-36(44)41(37(45)23-27)48(7,8)9;;;/h2*10-23,28-29,46H,1-9H3;2*1H;/q;;;;+2/p-2. The first-order valence-corrected chi connectivity index (χ1v) is 69.6. The van der Waals surface area contributed by atoms with E-state index in [0.29, 0.717) is 22.3 Å². The van der Waals surface area contributed by atoms with Crippen LogP contribution in [0.1, 0.15) is 73.6 Å². The fourth-order valence-corrected chi connectivity index (χ4v) is 202. The third-order valence-electron chi connectivity index (χ3n) is 25.8. The first kappa shape index (κ1) is 70.9. The molecule has 2 aliphatic heterocycles. The van der Waals surface area contributed by atoms with Gasteiger partial charge >= 0.3 is 598 Å². The first-order chi connectivity index (χ1) is 46.1. The maximum atomic E-state index is 17.2.